The van der Waals surface area contributed by atoms with Gasteiger partial charge in [-0.25, -0.2) is 41.9 Å². The molecule has 0 aromatic heterocycles. The zero-order valence-corrected chi connectivity index (χ0v) is 29.0. The van der Waals surface area contributed by atoms with Gasteiger partial charge in [0.05, 0.1) is 0 Å². The van der Waals surface area contributed by atoms with Crippen LogP contribution in [0.2, 0.25) is 0 Å². The van der Waals surface area contributed by atoms with Crippen molar-refractivity contribution in [2.24, 2.45) is 0 Å². The van der Waals surface area contributed by atoms with Gasteiger partial charge in [0, 0.05) is 34.4 Å². The summed E-state index contributed by atoms with van der Waals surface area (Å²) < 4.78 is 52.1. The van der Waals surface area contributed by atoms with E-state index in [0.717, 1.165) is 47.2 Å². The second-order valence-electron chi connectivity index (χ2n) is 10.6. The Labute approximate surface area is 300 Å². The maximum Gasteiger partial charge on any atom is 4.00 e. The molecule has 2 aliphatic carbocycles. The fourth-order valence-electron chi connectivity index (χ4n) is 3.91. The van der Waals surface area contributed by atoms with Crippen molar-refractivity contribution in [1.29, 1.82) is 0 Å². The first kappa shape index (κ1) is 40.4. The van der Waals surface area contributed by atoms with Crippen LogP contribution in [0.5, 0.6) is 0 Å². The number of rotatable bonds is 4. The molecular formula is C40H34F4N2O2Ti. The van der Waals surface area contributed by atoms with Crippen LogP contribution in [-0.4, -0.2) is 11.8 Å². The summed E-state index contributed by atoms with van der Waals surface area (Å²) in [7, 11) is 0. The summed E-state index contributed by atoms with van der Waals surface area (Å²) in [4.78, 5) is 23.9. The second-order valence-corrected chi connectivity index (χ2v) is 10.6. The number of anilines is 2. The van der Waals surface area contributed by atoms with Gasteiger partial charge in [0.1, 0.15) is 0 Å². The van der Waals surface area contributed by atoms with Gasteiger partial charge < -0.3 is 10.6 Å². The van der Waals surface area contributed by atoms with Crippen LogP contribution in [0.15, 0.2) is 97.1 Å². The zero-order chi connectivity index (χ0) is 35.1. The number of allylic oxidation sites excluding steroid dienone is 8. The van der Waals surface area contributed by atoms with Crippen molar-refractivity contribution in [3.63, 3.8) is 0 Å². The summed E-state index contributed by atoms with van der Waals surface area (Å²) in [6.45, 7) is 7.65. The maximum atomic E-state index is 13.4. The zero-order valence-electron chi connectivity index (χ0n) is 27.5. The summed E-state index contributed by atoms with van der Waals surface area (Å²) in [5.41, 5.74) is 4.74. The van der Waals surface area contributed by atoms with E-state index >= 15 is 0 Å². The van der Waals surface area contributed by atoms with Gasteiger partial charge in [-0.1, -0.05) is 12.1 Å². The minimum absolute atomic E-state index is 0. The van der Waals surface area contributed by atoms with Crippen LogP contribution < -0.4 is 10.6 Å². The van der Waals surface area contributed by atoms with Gasteiger partial charge in [-0.15, -0.1) is 49.2 Å². The third kappa shape index (κ3) is 13.7. The smallest absolute Gasteiger partial charge is 0.373 e. The molecule has 0 aliphatic heterocycles. The molecule has 0 fully saturated rings. The fraction of sp³-hybridized carbons (Fsp3) is 0.150. The van der Waals surface area contributed by atoms with E-state index in [4.69, 9.17) is 0 Å². The van der Waals surface area contributed by atoms with E-state index in [2.05, 4.69) is 34.9 Å². The number of aryl methyl sites for hydroxylation is 4. The Bertz CT molecular complexity index is 1710. The average molecular weight is 699 g/mol. The number of hydrogen-bond donors (Lipinski definition) is 2. The predicted molar refractivity (Wildman–Crippen MR) is 181 cm³/mol. The largest absolute Gasteiger partial charge is 4.00 e. The van der Waals surface area contributed by atoms with Crippen molar-refractivity contribution < 1.29 is 48.9 Å². The van der Waals surface area contributed by atoms with Crippen molar-refractivity contribution in [3.8, 4) is 0 Å². The van der Waals surface area contributed by atoms with Gasteiger partial charge in [0.15, 0.2) is 0 Å². The van der Waals surface area contributed by atoms with Gasteiger partial charge in [-0.3, -0.25) is 21.7 Å². The number of nitrogens with one attached hydrogen (secondary N) is 2. The van der Waals surface area contributed by atoms with E-state index in [0.29, 0.717) is 11.1 Å². The van der Waals surface area contributed by atoms with Crippen LogP contribution in [0.4, 0.5) is 28.9 Å². The third-order valence-corrected chi connectivity index (χ3v) is 6.93. The molecule has 2 N–H and O–H groups in total. The summed E-state index contributed by atoms with van der Waals surface area (Å²) in [5.74, 6) is -4.33. The molecule has 49 heavy (non-hydrogen) atoms. The SMILES string of the molecule is Cc1ccc(C(=O)Nc2ccc(F)[c-]c2F)cc1C.Cc1ccc(C(=O)Nc2ccc(F)[c-]c2F)cc1C.[C-]1=CC=CC1.[C-]1=CC=CC1.[Ti+4]. The fourth-order valence-corrected chi connectivity index (χ4v) is 3.91. The van der Waals surface area contributed by atoms with Crippen LogP contribution in [0, 0.1) is 75.2 Å². The summed E-state index contributed by atoms with van der Waals surface area (Å²) in [6.07, 6.45) is 20.0. The normalized spacial score (nSPS) is 11.6. The molecule has 0 heterocycles. The molecule has 248 valence electrons. The number of carbonyl (C=O) groups excluding carboxylic acids is 2. The van der Waals surface area contributed by atoms with Gasteiger partial charge >= 0.3 is 21.7 Å². The molecule has 0 unspecified atom stereocenters. The first-order valence-electron chi connectivity index (χ1n) is 14.9. The van der Waals surface area contributed by atoms with Crippen LogP contribution in [0.25, 0.3) is 0 Å². The topological polar surface area (TPSA) is 58.2 Å². The monoisotopic (exact) mass is 698 g/mol. The molecule has 0 radical (unpaired) electrons. The Morgan fingerprint density at radius 3 is 1.22 bits per heavy atom. The molecular weight excluding hydrogens is 664 g/mol. The second kappa shape index (κ2) is 20.6. The quantitative estimate of drug-likeness (QED) is 0.127. The molecule has 0 spiro atoms. The van der Waals surface area contributed by atoms with Gasteiger partial charge in [-0.2, -0.15) is 12.2 Å². The van der Waals surface area contributed by atoms with Crippen molar-refractivity contribution in [3.05, 3.63) is 178 Å². The number of carbonyl (C=O) groups is 2. The van der Waals surface area contributed by atoms with E-state index in [9.17, 15) is 27.2 Å². The predicted octanol–water partition coefficient (Wildman–Crippen LogP) is 9.88. The van der Waals surface area contributed by atoms with Gasteiger partial charge in [-0.05, 0) is 85.6 Å². The first-order chi connectivity index (χ1) is 22.9. The molecule has 0 bridgehead atoms. The standard InChI is InChI=1S/2C15H12F2NO.2C5H5.Ti/c2*1-9-3-4-11(7-10(9)2)15(19)18-14-6-5-12(16)8-13(14)17;2*1-2-4-5-3-1;/h2*3-7H,1-2H3,(H,18,19);2*1-3H,4H2;/q4*-1;+4. The average Bonchev–Trinajstić information content (AvgIpc) is 3.83. The number of halogens is 4. The molecule has 4 aromatic carbocycles. The number of hydrogen-bond acceptors (Lipinski definition) is 2. The summed E-state index contributed by atoms with van der Waals surface area (Å²) >= 11 is 0. The van der Waals surface area contributed by atoms with E-state index in [1.54, 1.807) is 24.3 Å². The number of amides is 2. The van der Waals surface area contributed by atoms with Crippen molar-refractivity contribution >= 4 is 23.2 Å². The molecule has 6 rings (SSSR count). The molecule has 0 saturated carbocycles. The molecule has 0 saturated heterocycles. The number of benzene rings is 4. The van der Waals surface area contributed by atoms with Crippen LogP contribution >= 0.6 is 0 Å². The van der Waals surface area contributed by atoms with E-state index < -0.39 is 35.1 Å². The van der Waals surface area contributed by atoms with Crippen molar-refractivity contribution in [1.82, 2.24) is 0 Å². The van der Waals surface area contributed by atoms with Crippen molar-refractivity contribution in [2.75, 3.05) is 10.6 Å². The Kier molecular flexibility index (Phi) is 16.9. The van der Waals surface area contributed by atoms with Gasteiger partial charge in [0.2, 0.25) is 11.8 Å². The first-order valence-corrected chi connectivity index (χ1v) is 14.9. The minimum Gasteiger partial charge on any atom is -0.373 e. The van der Waals surface area contributed by atoms with Crippen LogP contribution in [0.3, 0.4) is 0 Å². The maximum absolute atomic E-state index is 13.4. The van der Waals surface area contributed by atoms with Crippen molar-refractivity contribution in [2.45, 2.75) is 40.5 Å². The van der Waals surface area contributed by atoms with Crippen LogP contribution in [0.1, 0.15) is 55.8 Å². The summed E-state index contributed by atoms with van der Waals surface area (Å²) in [5, 5.41) is 4.78. The Morgan fingerprint density at radius 2 is 0.959 bits per heavy atom. The van der Waals surface area contributed by atoms with E-state index in [-0.39, 0.29) is 33.1 Å². The van der Waals surface area contributed by atoms with E-state index in [1.807, 2.05) is 76.3 Å². The molecule has 4 aromatic rings. The molecule has 9 heteroatoms. The summed E-state index contributed by atoms with van der Waals surface area (Å²) in [6, 6.07) is 18.5. The Morgan fingerprint density at radius 1 is 0.571 bits per heavy atom. The Balaban J connectivity index is 0.000000260. The Hall–Kier alpha value is -4.79. The van der Waals surface area contributed by atoms with E-state index in [1.165, 1.54) is 12.1 Å². The van der Waals surface area contributed by atoms with Crippen LogP contribution in [-0.2, 0) is 21.7 Å². The molecule has 0 atom stereocenters. The molecule has 2 aliphatic rings. The third-order valence-electron chi connectivity index (χ3n) is 6.93. The molecule has 4 nitrogen and oxygen atoms in total. The van der Waals surface area contributed by atoms with Gasteiger partial charge in [0.25, 0.3) is 0 Å². The minimum atomic E-state index is -0.919. The molecule has 2 amide bonds.